The molecule has 1 fully saturated rings. The maximum Gasteiger partial charge on any atom is 0.290 e. The number of aliphatic hydroxyl groups is 2. The van der Waals surface area contributed by atoms with Crippen LogP contribution in [0.5, 0.6) is 5.75 Å². The lowest BCUT2D eigenvalue weighted by Gasteiger charge is -2.43. The van der Waals surface area contributed by atoms with E-state index < -0.39 is 35.9 Å². The van der Waals surface area contributed by atoms with Gasteiger partial charge < -0.3 is 25.2 Å². The number of carbonyl (C=O) groups excluding carboxylic acids is 3. The van der Waals surface area contributed by atoms with E-state index in [1.165, 1.54) is 4.90 Å². The molecule has 34 heavy (non-hydrogen) atoms. The van der Waals surface area contributed by atoms with Crippen LogP contribution in [-0.4, -0.2) is 70.2 Å². The third kappa shape index (κ3) is 4.61. The van der Waals surface area contributed by atoms with E-state index in [2.05, 4.69) is 5.32 Å². The van der Waals surface area contributed by atoms with Crippen LogP contribution < -0.4 is 10.1 Å². The molecule has 0 saturated heterocycles. The molecule has 3 aliphatic rings. The number of rotatable bonds is 7. The fourth-order valence-electron chi connectivity index (χ4n) is 5.54. The van der Waals surface area contributed by atoms with Crippen molar-refractivity contribution in [1.29, 1.82) is 0 Å². The standard InChI is InChI=1S/C26H34N2O6/c1-2-20(30)26(33)28(16-9-5-3-4-6-10-16)19-15-18(25(32)27-13-14-29)22-17-11-7-8-12-21(17)34-24(22)23(19)31/h7-8,11-12,15-16,19,22-24,29,31H,2-6,9-10,13-14H2,1H3,(H,27,32). The van der Waals surface area contributed by atoms with Gasteiger partial charge in [-0.1, -0.05) is 50.8 Å². The Morgan fingerprint density at radius 1 is 1.12 bits per heavy atom. The average molecular weight is 471 g/mol. The third-order valence-electron chi connectivity index (χ3n) is 7.21. The van der Waals surface area contributed by atoms with Crippen molar-refractivity contribution in [2.75, 3.05) is 13.2 Å². The summed E-state index contributed by atoms with van der Waals surface area (Å²) in [5.74, 6) is -1.41. The van der Waals surface area contributed by atoms with E-state index in [1.807, 2.05) is 18.2 Å². The van der Waals surface area contributed by atoms with Crippen molar-refractivity contribution in [3.63, 3.8) is 0 Å². The lowest BCUT2D eigenvalue weighted by atomic mass is 9.77. The fraction of sp³-hybridized carbons (Fsp3) is 0.577. The number of ether oxygens (including phenoxy) is 1. The Hall–Kier alpha value is -2.71. The van der Waals surface area contributed by atoms with Gasteiger partial charge in [-0.15, -0.1) is 0 Å². The van der Waals surface area contributed by atoms with Crippen LogP contribution >= 0.6 is 0 Å². The van der Waals surface area contributed by atoms with E-state index in [4.69, 9.17) is 4.74 Å². The summed E-state index contributed by atoms with van der Waals surface area (Å²) in [6.07, 6.45) is 5.38. The minimum atomic E-state index is -1.11. The molecule has 4 rings (SSSR count). The molecule has 0 radical (unpaired) electrons. The molecule has 3 N–H and O–H groups in total. The smallest absolute Gasteiger partial charge is 0.290 e. The zero-order chi connectivity index (χ0) is 24.2. The summed E-state index contributed by atoms with van der Waals surface area (Å²) in [6.45, 7) is 1.53. The molecule has 0 spiro atoms. The number of hydrogen-bond donors (Lipinski definition) is 3. The number of carbonyl (C=O) groups is 3. The van der Waals surface area contributed by atoms with E-state index in [9.17, 15) is 24.6 Å². The maximum absolute atomic E-state index is 13.4. The Bertz CT molecular complexity index is 952. The first-order valence-electron chi connectivity index (χ1n) is 12.4. The molecular weight excluding hydrogens is 436 g/mol. The van der Waals surface area contributed by atoms with Gasteiger partial charge in [0.2, 0.25) is 11.7 Å². The Kier molecular flexibility index (Phi) is 7.68. The molecule has 1 saturated carbocycles. The largest absolute Gasteiger partial charge is 0.486 e. The topological polar surface area (TPSA) is 116 Å². The molecule has 184 valence electrons. The highest BCUT2D eigenvalue weighted by Crippen LogP contribution is 2.47. The Morgan fingerprint density at radius 2 is 1.82 bits per heavy atom. The van der Waals surface area contributed by atoms with Gasteiger partial charge in [0.1, 0.15) is 18.0 Å². The van der Waals surface area contributed by atoms with Gasteiger partial charge in [0.05, 0.1) is 18.6 Å². The predicted molar refractivity (Wildman–Crippen MR) is 125 cm³/mol. The number of aliphatic hydroxyl groups excluding tert-OH is 2. The van der Waals surface area contributed by atoms with Gasteiger partial charge in [-0.2, -0.15) is 0 Å². The van der Waals surface area contributed by atoms with Gasteiger partial charge in [-0.3, -0.25) is 14.4 Å². The van der Waals surface area contributed by atoms with Gasteiger partial charge >= 0.3 is 0 Å². The molecule has 2 aliphatic carbocycles. The summed E-state index contributed by atoms with van der Waals surface area (Å²) in [7, 11) is 0. The number of hydrogen-bond acceptors (Lipinski definition) is 6. The summed E-state index contributed by atoms with van der Waals surface area (Å²) >= 11 is 0. The van der Waals surface area contributed by atoms with Crippen LogP contribution in [0.3, 0.4) is 0 Å². The first-order chi connectivity index (χ1) is 16.5. The Morgan fingerprint density at radius 3 is 2.50 bits per heavy atom. The number of benzene rings is 1. The predicted octanol–water partition coefficient (Wildman–Crippen LogP) is 1.84. The first kappa shape index (κ1) is 24.4. The number of amides is 2. The molecule has 4 unspecified atom stereocenters. The van der Waals surface area contributed by atoms with Gasteiger partial charge in [-0.25, -0.2) is 0 Å². The Labute approximate surface area is 200 Å². The van der Waals surface area contributed by atoms with Crippen LogP contribution in [0.15, 0.2) is 35.9 Å². The molecule has 1 aliphatic heterocycles. The zero-order valence-electron chi connectivity index (χ0n) is 19.6. The highest BCUT2D eigenvalue weighted by molar-refractivity contribution is 6.36. The van der Waals surface area contributed by atoms with Crippen LogP contribution in [0.25, 0.3) is 0 Å². The summed E-state index contributed by atoms with van der Waals surface area (Å²) in [6, 6.07) is 6.30. The molecule has 0 aromatic heterocycles. The van der Waals surface area contributed by atoms with Crippen LogP contribution in [0, 0.1) is 0 Å². The third-order valence-corrected chi connectivity index (χ3v) is 7.21. The van der Waals surface area contributed by atoms with E-state index in [0.717, 1.165) is 44.1 Å². The second-order valence-corrected chi connectivity index (χ2v) is 9.32. The fourth-order valence-corrected chi connectivity index (χ4v) is 5.54. The lowest BCUT2D eigenvalue weighted by molar-refractivity contribution is -0.151. The normalized spacial score (nSPS) is 26.4. The van der Waals surface area contributed by atoms with Crippen molar-refractivity contribution in [2.45, 2.75) is 82.1 Å². The monoisotopic (exact) mass is 470 g/mol. The molecule has 1 aromatic rings. The molecule has 1 aromatic carbocycles. The second kappa shape index (κ2) is 10.7. The van der Waals surface area contributed by atoms with Gasteiger partial charge in [0, 0.05) is 30.1 Å². The van der Waals surface area contributed by atoms with Gasteiger partial charge in [0.25, 0.3) is 5.91 Å². The highest BCUT2D eigenvalue weighted by Gasteiger charge is 2.51. The van der Waals surface area contributed by atoms with Crippen molar-refractivity contribution in [2.24, 2.45) is 0 Å². The van der Waals surface area contributed by atoms with Gasteiger partial charge in [0.15, 0.2) is 0 Å². The van der Waals surface area contributed by atoms with Crippen molar-refractivity contribution in [1.82, 2.24) is 10.2 Å². The zero-order valence-corrected chi connectivity index (χ0v) is 19.6. The SMILES string of the molecule is CCC(=O)C(=O)N(C1CCCCCC1)C1C=C(C(=O)NCCO)C2c3ccccc3OC2C1O. The van der Waals surface area contributed by atoms with Crippen LogP contribution in [0.4, 0.5) is 0 Å². The number of nitrogens with one attached hydrogen (secondary N) is 1. The molecule has 8 nitrogen and oxygen atoms in total. The number of nitrogens with zero attached hydrogens (tertiary/aromatic N) is 1. The minimum Gasteiger partial charge on any atom is -0.486 e. The minimum absolute atomic E-state index is 0.0758. The lowest BCUT2D eigenvalue weighted by Crippen LogP contribution is -2.59. The molecule has 4 atom stereocenters. The number of ketones is 1. The van der Waals surface area contributed by atoms with Crippen LogP contribution in [-0.2, 0) is 14.4 Å². The van der Waals surface area contributed by atoms with E-state index in [-0.39, 0.29) is 31.5 Å². The van der Waals surface area contributed by atoms with Crippen LogP contribution in [0.2, 0.25) is 0 Å². The summed E-state index contributed by atoms with van der Waals surface area (Å²) in [4.78, 5) is 40.6. The van der Waals surface area contributed by atoms with Crippen LogP contribution in [0.1, 0.15) is 63.4 Å². The number of Topliss-reactive ketones (excluding diaryl/α,β-unsaturated/α-hetero) is 1. The molecule has 8 heteroatoms. The molecule has 2 amide bonds. The van der Waals surface area contributed by atoms with Crippen molar-refractivity contribution in [3.8, 4) is 5.75 Å². The summed E-state index contributed by atoms with van der Waals surface area (Å²) in [5.41, 5.74) is 1.18. The molecule has 1 heterocycles. The average Bonchev–Trinajstić information content (AvgIpc) is 3.04. The highest BCUT2D eigenvalue weighted by atomic mass is 16.5. The van der Waals surface area contributed by atoms with Crippen molar-refractivity contribution in [3.05, 3.63) is 41.5 Å². The van der Waals surface area contributed by atoms with Crippen molar-refractivity contribution < 1.29 is 29.3 Å². The quantitative estimate of drug-likeness (QED) is 0.414. The van der Waals surface area contributed by atoms with E-state index >= 15 is 0 Å². The van der Waals surface area contributed by atoms with E-state index in [0.29, 0.717) is 11.3 Å². The van der Waals surface area contributed by atoms with Gasteiger partial charge in [-0.05, 0) is 25.0 Å². The second-order valence-electron chi connectivity index (χ2n) is 9.32. The number of fused-ring (bicyclic) bond motifs is 3. The molecule has 0 bridgehead atoms. The van der Waals surface area contributed by atoms with Crippen molar-refractivity contribution >= 4 is 17.6 Å². The first-order valence-corrected chi connectivity index (χ1v) is 12.4. The maximum atomic E-state index is 13.4. The molecular formula is C26H34N2O6. The summed E-state index contributed by atoms with van der Waals surface area (Å²) < 4.78 is 6.12. The number of para-hydroxylation sites is 1. The Balaban J connectivity index is 1.78. The van der Waals surface area contributed by atoms with E-state index in [1.54, 1.807) is 19.1 Å². The summed E-state index contributed by atoms with van der Waals surface area (Å²) in [5, 5.41) is 23.4.